The monoisotopic (exact) mass is 880 g/mol. The molecule has 4 rings (SSSR count). The third-order valence-electron chi connectivity index (χ3n) is 9.64. The predicted molar refractivity (Wildman–Crippen MR) is 209 cm³/mol. The van der Waals surface area contributed by atoms with E-state index in [1.807, 2.05) is 59.9 Å². The number of aliphatic hydroxyl groups is 1. The summed E-state index contributed by atoms with van der Waals surface area (Å²) in [6.07, 6.45) is 6.39. The first-order valence-electron chi connectivity index (χ1n) is 16.4. The van der Waals surface area contributed by atoms with Crippen molar-refractivity contribution in [2.45, 2.75) is 110 Å². The average molecular weight is 880 g/mol. The van der Waals surface area contributed by atoms with E-state index in [-0.39, 0.29) is 47.9 Å². The molecule has 0 atom stereocenters. The van der Waals surface area contributed by atoms with Gasteiger partial charge in [-0.2, -0.15) is 11.8 Å². The van der Waals surface area contributed by atoms with Crippen LogP contribution in [0.15, 0.2) is 70.8 Å². The molecular formula is C40H51IrN2O2S3-. The van der Waals surface area contributed by atoms with Gasteiger partial charge in [-0.05, 0) is 60.6 Å². The average Bonchev–Trinajstić information content (AvgIpc) is 3.43. The van der Waals surface area contributed by atoms with Crippen LogP contribution in [0.5, 0.6) is 0 Å². The summed E-state index contributed by atoms with van der Waals surface area (Å²) in [5.41, 5.74) is 5.52. The molecule has 2 aromatic carbocycles. The van der Waals surface area contributed by atoms with E-state index in [0.29, 0.717) is 0 Å². The largest absolute Gasteiger partial charge is 0.512 e. The van der Waals surface area contributed by atoms with E-state index < -0.39 is 0 Å². The molecule has 48 heavy (non-hydrogen) atoms. The summed E-state index contributed by atoms with van der Waals surface area (Å²) in [5, 5.41) is 13.1. The number of thiol groups is 1. The molecule has 0 aliphatic rings. The Balaban J connectivity index is 0.000000384. The van der Waals surface area contributed by atoms with Crippen LogP contribution in [-0.4, -0.2) is 20.9 Å². The van der Waals surface area contributed by atoms with Crippen LogP contribution < -0.4 is 0 Å². The van der Waals surface area contributed by atoms with E-state index in [4.69, 9.17) is 12.6 Å². The number of nitrogens with zero attached hydrogens (tertiary/aromatic N) is 2. The summed E-state index contributed by atoms with van der Waals surface area (Å²) in [6.45, 7) is 28.7. The molecule has 0 aliphatic carbocycles. The summed E-state index contributed by atoms with van der Waals surface area (Å²) in [4.78, 5) is 23.6. The minimum Gasteiger partial charge on any atom is -0.512 e. The van der Waals surface area contributed by atoms with Crippen molar-refractivity contribution in [2.75, 3.05) is 0 Å². The molecule has 0 aliphatic heterocycles. The van der Waals surface area contributed by atoms with Crippen LogP contribution in [0.25, 0.3) is 37.1 Å². The zero-order valence-electron chi connectivity index (χ0n) is 30.1. The van der Waals surface area contributed by atoms with Crippen LogP contribution in [0.1, 0.15) is 106 Å². The SMILES string of the molecule is C=CSc1c[c-]c(-c2ncnc3c2sc2ccc(C(=C)C)c(S)c23)cc1C(C)(C)C.CCC(C)(CC)C(=O)/C=C(\O)C(C)(CC)CC.[Ir]. The number of rotatable bonds is 11. The van der Waals surface area contributed by atoms with Crippen LogP contribution in [0.2, 0.25) is 0 Å². The Bertz CT molecular complexity index is 1810. The number of benzene rings is 2. The van der Waals surface area contributed by atoms with E-state index in [1.54, 1.807) is 29.4 Å². The Hall–Kier alpha value is -2.22. The van der Waals surface area contributed by atoms with E-state index in [9.17, 15) is 9.90 Å². The van der Waals surface area contributed by atoms with Crippen LogP contribution in [-0.2, 0) is 30.3 Å². The van der Waals surface area contributed by atoms with Crippen molar-refractivity contribution in [3.8, 4) is 11.3 Å². The van der Waals surface area contributed by atoms with Gasteiger partial charge in [0.1, 0.15) is 12.1 Å². The van der Waals surface area contributed by atoms with Gasteiger partial charge in [-0.15, -0.1) is 53.3 Å². The van der Waals surface area contributed by atoms with E-state index in [1.165, 1.54) is 16.5 Å². The molecule has 4 nitrogen and oxygen atoms in total. The number of hydrogen-bond acceptors (Lipinski definition) is 7. The second kappa shape index (κ2) is 17.1. The number of thioether (sulfide) groups is 1. The smallest absolute Gasteiger partial charge is 0.164 e. The Labute approximate surface area is 315 Å². The fraction of sp³-hybridized carbons (Fsp3) is 0.425. The molecule has 0 spiro atoms. The Kier molecular flexibility index (Phi) is 15.0. The zero-order valence-corrected chi connectivity index (χ0v) is 35.1. The predicted octanol–water partition coefficient (Wildman–Crippen LogP) is 12.8. The number of hydrogen-bond donors (Lipinski definition) is 2. The van der Waals surface area contributed by atoms with Gasteiger partial charge in [0.15, 0.2) is 5.78 Å². The second-order valence-corrected chi connectivity index (χ2v) is 16.2. The summed E-state index contributed by atoms with van der Waals surface area (Å²) in [7, 11) is 0. The van der Waals surface area contributed by atoms with Crippen LogP contribution in [0, 0.1) is 16.9 Å². The molecule has 4 aromatic rings. The third-order valence-corrected chi connectivity index (χ3v) is 12.0. The van der Waals surface area contributed by atoms with Gasteiger partial charge in [-0.3, -0.25) is 9.78 Å². The number of aromatic nitrogens is 2. The van der Waals surface area contributed by atoms with Crippen molar-refractivity contribution < 1.29 is 30.0 Å². The number of fused-ring (bicyclic) bond motifs is 3. The molecule has 0 saturated heterocycles. The Morgan fingerprint density at radius 2 is 1.65 bits per heavy atom. The molecule has 2 aromatic heterocycles. The summed E-state index contributed by atoms with van der Waals surface area (Å²) >= 11 is 8.15. The topological polar surface area (TPSA) is 63.1 Å². The normalized spacial score (nSPS) is 12.4. The zero-order chi connectivity index (χ0) is 35.3. The minimum atomic E-state index is -0.337. The first-order valence-corrected chi connectivity index (χ1v) is 18.5. The fourth-order valence-electron chi connectivity index (χ4n) is 5.25. The molecule has 1 radical (unpaired) electrons. The molecule has 0 unspecified atom stereocenters. The number of carbonyl (C=O) groups excluding carboxylic acids is 1. The van der Waals surface area contributed by atoms with E-state index in [0.717, 1.165) is 73.3 Å². The number of allylic oxidation sites excluding steroid dienone is 3. The standard InChI is InChI=1S/C25H23N2S3.C15H28O2.Ir/c1-7-29-18-10-8-15(12-17(18)25(4,5)6)21-24-22(27-13-26-21)20-19(30-24)11-9-16(14(2)3)23(20)28;1-7-14(5,8-2)12(16)11-13(17)15(6,9-3)10-4;/h7,9-13,28H,1-2H2,3-6H3;11,16H,7-10H2,1-6H3;/q-1;;/b;12-11-;. The molecule has 0 amide bonds. The van der Waals surface area contributed by atoms with Crippen molar-refractivity contribution in [1.82, 2.24) is 9.97 Å². The summed E-state index contributed by atoms with van der Waals surface area (Å²) < 4.78 is 2.21. The summed E-state index contributed by atoms with van der Waals surface area (Å²) in [5.74, 6) is 0.286. The van der Waals surface area contributed by atoms with Gasteiger partial charge in [0, 0.05) is 62.4 Å². The molecule has 0 fully saturated rings. The molecule has 0 bridgehead atoms. The number of thiophene rings is 1. The maximum absolute atomic E-state index is 12.2. The van der Waals surface area contributed by atoms with E-state index in [2.05, 4.69) is 68.2 Å². The van der Waals surface area contributed by atoms with Gasteiger partial charge in [0.25, 0.3) is 0 Å². The summed E-state index contributed by atoms with van der Waals surface area (Å²) in [6, 6.07) is 11.9. The quantitative estimate of drug-likeness (QED) is 0.0517. The van der Waals surface area contributed by atoms with E-state index >= 15 is 0 Å². The molecular weight excluding hydrogens is 829 g/mol. The van der Waals surface area contributed by atoms with Crippen LogP contribution in [0.4, 0.5) is 0 Å². The minimum absolute atomic E-state index is 0. The number of carbonyl (C=O) groups is 1. The van der Waals surface area contributed by atoms with Crippen molar-refractivity contribution in [2.24, 2.45) is 10.8 Å². The van der Waals surface area contributed by atoms with Gasteiger partial charge < -0.3 is 5.11 Å². The molecule has 261 valence electrons. The van der Waals surface area contributed by atoms with Crippen molar-refractivity contribution >= 4 is 67.4 Å². The van der Waals surface area contributed by atoms with Crippen LogP contribution in [0.3, 0.4) is 0 Å². The first kappa shape index (κ1) is 41.9. The maximum Gasteiger partial charge on any atom is 0.164 e. The van der Waals surface area contributed by atoms with Gasteiger partial charge in [-0.25, -0.2) is 4.98 Å². The maximum atomic E-state index is 12.2. The number of ketones is 1. The van der Waals surface area contributed by atoms with Crippen molar-refractivity contribution in [3.05, 3.63) is 78.2 Å². The first-order chi connectivity index (χ1) is 22.0. The molecule has 0 saturated carbocycles. The van der Waals surface area contributed by atoms with Crippen molar-refractivity contribution in [1.29, 1.82) is 0 Å². The Morgan fingerprint density at radius 3 is 2.17 bits per heavy atom. The van der Waals surface area contributed by atoms with Gasteiger partial charge in [-0.1, -0.05) is 86.4 Å². The molecule has 2 heterocycles. The second-order valence-electron chi connectivity index (χ2n) is 13.7. The van der Waals surface area contributed by atoms with Gasteiger partial charge in [0.2, 0.25) is 0 Å². The fourth-order valence-corrected chi connectivity index (χ4v) is 7.79. The Morgan fingerprint density at radius 1 is 1.04 bits per heavy atom. The number of aliphatic hydroxyl groups excluding tert-OH is 1. The van der Waals surface area contributed by atoms with Gasteiger partial charge in [0.05, 0.1) is 5.52 Å². The van der Waals surface area contributed by atoms with Crippen molar-refractivity contribution in [3.63, 3.8) is 0 Å². The van der Waals surface area contributed by atoms with Gasteiger partial charge >= 0.3 is 0 Å². The molecule has 1 N–H and O–H groups in total. The third kappa shape index (κ3) is 8.92. The molecule has 8 heteroatoms. The van der Waals surface area contributed by atoms with Crippen LogP contribution >= 0.6 is 35.7 Å².